The second-order valence-corrected chi connectivity index (χ2v) is 6.99. The average Bonchev–Trinajstić information content (AvgIpc) is 3.17. The van der Waals surface area contributed by atoms with Gasteiger partial charge < -0.3 is 19.5 Å². The highest BCUT2D eigenvalue weighted by molar-refractivity contribution is 5.94. The number of benzene rings is 2. The molecule has 2 atom stereocenters. The molecule has 3 rings (SSSR count). The molecule has 0 radical (unpaired) electrons. The van der Waals surface area contributed by atoms with Gasteiger partial charge in [0.05, 0.1) is 6.10 Å². The number of aryl methyl sites for hydroxylation is 2. The van der Waals surface area contributed by atoms with Crippen LogP contribution in [-0.4, -0.2) is 31.3 Å². The zero-order valence-electron chi connectivity index (χ0n) is 16.2. The Morgan fingerprint density at radius 3 is 2.70 bits per heavy atom. The standard InChI is InChI=1S/C22H27NO4/c1-15-6-7-16(2)21(13-15)27-17(3)22(24)23-18-8-10-19(11-9-18)26-14-20-5-4-12-25-20/h6-11,13,17,20H,4-5,12,14H2,1-3H3,(H,23,24)/t17-,20-/m1/s1. The third kappa shape index (κ3) is 5.47. The summed E-state index contributed by atoms with van der Waals surface area (Å²) in [6.07, 6.45) is 1.74. The lowest BCUT2D eigenvalue weighted by molar-refractivity contribution is -0.122. The van der Waals surface area contributed by atoms with Gasteiger partial charge >= 0.3 is 0 Å². The highest BCUT2D eigenvalue weighted by atomic mass is 16.5. The van der Waals surface area contributed by atoms with Crippen LogP contribution in [0.15, 0.2) is 42.5 Å². The molecule has 0 aromatic heterocycles. The van der Waals surface area contributed by atoms with E-state index in [0.29, 0.717) is 12.3 Å². The first-order valence-electron chi connectivity index (χ1n) is 9.40. The number of amides is 1. The largest absolute Gasteiger partial charge is 0.491 e. The molecule has 1 saturated heterocycles. The molecule has 144 valence electrons. The molecule has 0 aliphatic carbocycles. The van der Waals surface area contributed by atoms with E-state index in [1.54, 1.807) is 6.92 Å². The van der Waals surface area contributed by atoms with E-state index < -0.39 is 6.10 Å². The van der Waals surface area contributed by atoms with Crippen LogP contribution in [0.1, 0.15) is 30.9 Å². The second kappa shape index (κ2) is 8.91. The number of carbonyl (C=O) groups excluding carboxylic acids is 1. The first-order chi connectivity index (χ1) is 13.0. The van der Waals surface area contributed by atoms with Crippen molar-refractivity contribution in [3.05, 3.63) is 53.6 Å². The second-order valence-electron chi connectivity index (χ2n) is 6.99. The maximum Gasteiger partial charge on any atom is 0.265 e. The van der Waals surface area contributed by atoms with Crippen LogP contribution in [0.3, 0.4) is 0 Å². The molecular formula is C22H27NO4. The van der Waals surface area contributed by atoms with Crippen LogP contribution in [0, 0.1) is 13.8 Å². The van der Waals surface area contributed by atoms with Crippen LogP contribution in [0.4, 0.5) is 5.69 Å². The quantitative estimate of drug-likeness (QED) is 0.792. The van der Waals surface area contributed by atoms with Gasteiger partial charge in [0.15, 0.2) is 6.10 Å². The van der Waals surface area contributed by atoms with Crippen molar-refractivity contribution in [2.24, 2.45) is 0 Å². The monoisotopic (exact) mass is 369 g/mol. The average molecular weight is 369 g/mol. The summed E-state index contributed by atoms with van der Waals surface area (Å²) in [6.45, 7) is 7.10. The van der Waals surface area contributed by atoms with Gasteiger partial charge in [-0.1, -0.05) is 12.1 Å². The summed E-state index contributed by atoms with van der Waals surface area (Å²) in [6, 6.07) is 13.3. The Hall–Kier alpha value is -2.53. The zero-order valence-corrected chi connectivity index (χ0v) is 16.2. The van der Waals surface area contributed by atoms with Gasteiger partial charge in [0, 0.05) is 12.3 Å². The normalized spacial score (nSPS) is 17.4. The Bertz CT molecular complexity index is 766. The lowest BCUT2D eigenvalue weighted by atomic mass is 10.1. The number of nitrogens with one attached hydrogen (secondary N) is 1. The van der Waals surface area contributed by atoms with Crippen LogP contribution in [0.25, 0.3) is 0 Å². The zero-order chi connectivity index (χ0) is 19.2. The van der Waals surface area contributed by atoms with E-state index in [9.17, 15) is 4.79 Å². The van der Waals surface area contributed by atoms with Crippen molar-refractivity contribution in [1.29, 1.82) is 0 Å². The van der Waals surface area contributed by atoms with E-state index >= 15 is 0 Å². The molecular weight excluding hydrogens is 342 g/mol. The van der Waals surface area contributed by atoms with Crippen LogP contribution < -0.4 is 14.8 Å². The molecule has 1 N–H and O–H groups in total. The highest BCUT2D eigenvalue weighted by Gasteiger charge is 2.17. The topological polar surface area (TPSA) is 56.8 Å². The maximum absolute atomic E-state index is 12.4. The Morgan fingerprint density at radius 2 is 2.00 bits per heavy atom. The minimum absolute atomic E-state index is 0.187. The Morgan fingerprint density at radius 1 is 1.22 bits per heavy atom. The van der Waals surface area contributed by atoms with E-state index in [0.717, 1.165) is 42.1 Å². The van der Waals surface area contributed by atoms with Crippen LogP contribution in [0.2, 0.25) is 0 Å². The molecule has 2 aromatic carbocycles. The molecule has 5 nitrogen and oxygen atoms in total. The fraction of sp³-hybridized carbons (Fsp3) is 0.409. The summed E-state index contributed by atoms with van der Waals surface area (Å²) >= 11 is 0. The van der Waals surface area contributed by atoms with Gasteiger partial charge in [-0.3, -0.25) is 4.79 Å². The first-order valence-corrected chi connectivity index (χ1v) is 9.40. The van der Waals surface area contributed by atoms with E-state index in [1.807, 2.05) is 56.3 Å². The molecule has 0 unspecified atom stereocenters. The van der Waals surface area contributed by atoms with Crippen LogP contribution in [-0.2, 0) is 9.53 Å². The highest BCUT2D eigenvalue weighted by Crippen LogP contribution is 2.22. The molecule has 1 aliphatic rings. The van der Waals surface area contributed by atoms with Crippen molar-refractivity contribution in [1.82, 2.24) is 0 Å². The van der Waals surface area contributed by atoms with Crippen LogP contribution in [0.5, 0.6) is 11.5 Å². The Labute approximate surface area is 160 Å². The molecule has 0 saturated carbocycles. The maximum atomic E-state index is 12.4. The van der Waals surface area contributed by atoms with E-state index in [1.165, 1.54) is 0 Å². The third-order valence-electron chi connectivity index (χ3n) is 4.60. The van der Waals surface area contributed by atoms with Crippen molar-refractivity contribution in [2.75, 3.05) is 18.5 Å². The summed E-state index contributed by atoms with van der Waals surface area (Å²) in [4.78, 5) is 12.4. The molecule has 1 heterocycles. The number of carbonyl (C=O) groups is 1. The van der Waals surface area contributed by atoms with E-state index in [2.05, 4.69) is 5.32 Å². The smallest absolute Gasteiger partial charge is 0.265 e. The van der Waals surface area contributed by atoms with Gasteiger partial charge in [0.25, 0.3) is 5.91 Å². The molecule has 1 fully saturated rings. The van der Waals surface area contributed by atoms with Gasteiger partial charge in [0.1, 0.15) is 18.1 Å². The molecule has 27 heavy (non-hydrogen) atoms. The molecule has 2 aromatic rings. The first kappa shape index (κ1) is 19.2. The van der Waals surface area contributed by atoms with Gasteiger partial charge in [-0.2, -0.15) is 0 Å². The van der Waals surface area contributed by atoms with Gasteiger partial charge in [-0.15, -0.1) is 0 Å². The van der Waals surface area contributed by atoms with E-state index in [4.69, 9.17) is 14.2 Å². The Balaban J connectivity index is 1.51. The van der Waals surface area contributed by atoms with Crippen molar-refractivity contribution in [3.63, 3.8) is 0 Å². The molecule has 1 amide bonds. The van der Waals surface area contributed by atoms with Gasteiger partial charge in [-0.05, 0) is 75.1 Å². The van der Waals surface area contributed by atoms with Crippen molar-refractivity contribution >= 4 is 11.6 Å². The lowest BCUT2D eigenvalue weighted by Crippen LogP contribution is -2.30. The predicted octanol–water partition coefficient (Wildman–Crippen LogP) is 4.27. The molecule has 1 aliphatic heterocycles. The molecule has 5 heteroatoms. The number of ether oxygens (including phenoxy) is 3. The number of rotatable bonds is 7. The number of hydrogen-bond acceptors (Lipinski definition) is 4. The number of hydrogen-bond donors (Lipinski definition) is 1. The molecule has 0 spiro atoms. The summed E-state index contributed by atoms with van der Waals surface area (Å²) in [5, 5.41) is 2.88. The summed E-state index contributed by atoms with van der Waals surface area (Å²) in [5.41, 5.74) is 2.82. The Kier molecular flexibility index (Phi) is 6.35. The van der Waals surface area contributed by atoms with Gasteiger partial charge in [-0.25, -0.2) is 0 Å². The third-order valence-corrected chi connectivity index (χ3v) is 4.60. The lowest BCUT2D eigenvalue weighted by Gasteiger charge is -2.17. The van der Waals surface area contributed by atoms with E-state index in [-0.39, 0.29) is 12.0 Å². The summed E-state index contributed by atoms with van der Waals surface area (Å²) in [5.74, 6) is 1.31. The fourth-order valence-electron chi connectivity index (χ4n) is 2.92. The fourth-order valence-corrected chi connectivity index (χ4v) is 2.92. The number of anilines is 1. The van der Waals surface area contributed by atoms with Crippen molar-refractivity contribution < 1.29 is 19.0 Å². The van der Waals surface area contributed by atoms with Crippen LogP contribution >= 0.6 is 0 Å². The predicted molar refractivity (Wildman–Crippen MR) is 106 cm³/mol. The summed E-state index contributed by atoms with van der Waals surface area (Å²) < 4.78 is 17.1. The van der Waals surface area contributed by atoms with Crippen molar-refractivity contribution in [3.8, 4) is 11.5 Å². The minimum Gasteiger partial charge on any atom is -0.491 e. The van der Waals surface area contributed by atoms with Crippen molar-refractivity contribution in [2.45, 2.75) is 45.8 Å². The summed E-state index contributed by atoms with van der Waals surface area (Å²) in [7, 11) is 0. The van der Waals surface area contributed by atoms with Gasteiger partial charge in [0.2, 0.25) is 0 Å². The molecule has 0 bridgehead atoms. The minimum atomic E-state index is -0.596. The SMILES string of the molecule is Cc1ccc(C)c(O[C@H](C)C(=O)Nc2ccc(OC[C@H]3CCCO3)cc2)c1.